The van der Waals surface area contributed by atoms with Crippen molar-refractivity contribution in [3.05, 3.63) is 46.2 Å². The first-order valence-electron chi connectivity index (χ1n) is 7.85. The van der Waals surface area contributed by atoms with Crippen molar-refractivity contribution in [3.63, 3.8) is 0 Å². The number of hydrogen-bond donors (Lipinski definition) is 1. The molecule has 1 fully saturated rings. The first kappa shape index (κ1) is 19.0. The summed E-state index contributed by atoms with van der Waals surface area (Å²) in [5.41, 5.74) is 2.68. The van der Waals surface area contributed by atoms with Gasteiger partial charge >= 0.3 is 0 Å². The Morgan fingerprint density at radius 1 is 1.38 bits per heavy atom. The van der Waals surface area contributed by atoms with Crippen molar-refractivity contribution in [1.29, 1.82) is 0 Å². The number of carbonyl (C=O) groups is 1. The number of benzene rings is 1. The second kappa shape index (κ2) is 8.14. The first-order valence-corrected chi connectivity index (χ1v) is 8.64. The molecule has 0 radical (unpaired) electrons. The van der Waals surface area contributed by atoms with Crippen LogP contribution in [-0.4, -0.2) is 47.3 Å². The number of halogens is 2. The minimum atomic E-state index is 0. The molecule has 5 nitrogen and oxygen atoms in total. The molecule has 1 amide bonds. The standard InChI is InChI=1S/C17H21BrN4O.ClH/c1-12-3-5-14(6-4-12)22-15(9-16(18)20-22)17(23)21-8-7-13(11-21)10-19-2;/h3-6,9,13,19H,7-8,10-11H2,1-2H3;1H. The number of amides is 1. The van der Waals surface area contributed by atoms with Gasteiger partial charge in [0, 0.05) is 19.2 Å². The second-order valence-corrected chi connectivity index (χ2v) is 6.88. The Hall–Kier alpha value is -1.37. The van der Waals surface area contributed by atoms with Crippen LogP contribution in [0.15, 0.2) is 34.9 Å². The molecule has 130 valence electrons. The quantitative estimate of drug-likeness (QED) is 0.838. The maximum atomic E-state index is 12.9. The maximum absolute atomic E-state index is 12.9. The highest BCUT2D eigenvalue weighted by Gasteiger charge is 2.29. The van der Waals surface area contributed by atoms with Crippen molar-refractivity contribution in [2.24, 2.45) is 5.92 Å². The molecule has 0 spiro atoms. The maximum Gasteiger partial charge on any atom is 0.272 e. The molecule has 1 aliphatic heterocycles. The summed E-state index contributed by atoms with van der Waals surface area (Å²) >= 11 is 3.40. The van der Waals surface area contributed by atoms with Gasteiger partial charge in [-0.2, -0.15) is 5.10 Å². The van der Waals surface area contributed by atoms with Crippen LogP contribution in [0, 0.1) is 12.8 Å². The van der Waals surface area contributed by atoms with Crippen molar-refractivity contribution in [2.75, 3.05) is 26.7 Å². The van der Waals surface area contributed by atoms with Crippen LogP contribution in [0.3, 0.4) is 0 Å². The number of carbonyl (C=O) groups excluding carboxylic acids is 1. The molecule has 1 aromatic carbocycles. The first-order chi connectivity index (χ1) is 11.1. The van der Waals surface area contributed by atoms with Crippen molar-refractivity contribution in [3.8, 4) is 5.69 Å². The van der Waals surface area contributed by atoms with Crippen LogP contribution < -0.4 is 5.32 Å². The number of aromatic nitrogens is 2. The van der Waals surface area contributed by atoms with Gasteiger partial charge < -0.3 is 10.2 Å². The van der Waals surface area contributed by atoms with Crippen molar-refractivity contribution in [2.45, 2.75) is 13.3 Å². The Morgan fingerprint density at radius 3 is 2.75 bits per heavy atom. The van der Waals surface area contributed by atoms with Crippen molar-refractivity contribution >= 4 is 34.2 Å². The minimum absolute atomic E-state index is 0. The summed E-state index contributed by atoms with van der Waals surface area (Å²) in [7, 11) is 1.95. The van der Waals surface area contributed by atoms with Gasteiger partial charge in [-0.05, 0) is 60.9 Å². The summed E-state index contributed by atoms with van der Waals surface area (Å²) in [6, 6.07) is 9.82. The number of rotatable bonds is 4. The second-order valence-electron chi connectivity index (χ2n) is 6.06. The summed E-state index contributed by atoms with van der Waals surface area (Å²) in [6.07, 6.45) is 1.05. The fraction of sp³-hybridized carbons (Fsp3) is 0.412. The SMILES string of the molecule is CNCC1CCN(C(=O)c2cc(Br)nn2-c2ccc(C)cc2)C1.Cl. The van der Waals surface area contributed by atoms with E-state index in [9.17, 15) is 4.79 Å². The highest BCUT2D eigenvalue weighted by atomic mass is 79.9. The zero-order valence-electron chi connectivity index (χ0n) is 13.8. The van der Waals surface area contributed by atoms with Gasteiger partial charge in [-0.1, -0.05) is 17.7 Å². The third-order valence-corrected chi connectivity index (χ3v) is 4.63. The van der Waals surface area contributed by atoms with E-state index in [1.54, 1.807) is 10.7 Å². The lowest BCUT2D eigenvalue weighted by Gasteiger charge is -2.17. The molecule has 1 aromatic heterocycles. The Morgan fingerprint density at radius 2 is 2.08 bits per heavy atom. The molecule has 0 bridgehead atoms. The molecular weight excluding hydrogens is 392 g/mol. The van der Waals surface area contributed by atoms with E-state index in [0.29, 0.717) is 16.2 Å². The van der Waals surface area contributed by atoms with Gasteiger partial charge in [-0.3, -0.25) is 4.79 Å². The molecule has 1 saturated heterocycles. The predicted octanol–water partition coefficient (Wildman–Crippen LogP) is 3.05. The van der Waals surface area contributed by atoms with Crippen molar-refractivity contribution in [1.82, 2.24) is 20.0 Å². The summed E-state index contributed by atoms with van der Waals surface area (Å²) in [6.45, 7) is 4.60. The number of nitrogens with one attached hydrogen (secondary N) is 1. The van der Waals surface area contributed by atoms with Crippen LogP contribution in [0.25, 0.3) is 5.69 Å². The predicted molar refractivity (Wildman–Crippen MR) is 101 cm³/mol. The van der Waals surface area contributed by atoms with Gasteiger partial charge in [0.05, 0.1) is 5.69 Å². The molecule has 2 aromatic rings. The Balaban J connectivity index is 0.00000208. The third kappa shape index (κ3) is 3.99. The summed E-state index contributed by atoms with van der Waals surface area (Å²) in [5, 5.41) is 7.62. The average molecular weight is 414 g/mol. The highest BCUT2D eigenvalue weighted by molar-refractivity contribution is 9.10. The normalized spacial score (nSPS) is 17.0. The Labute approximate surface area is 157 Å². The van der Waals surface area contributed by atoms with Crippen molar-refractivity contribution < 1.29 is 4.79 Å². The molecule has 7 heteroatoms. The van der Waals surface area contributed by atoms with E-state index in [4.69, 9.17) is 0 Å². The molecule has 0 aliphatic carbocycles. The van der Waals surface area contributed by atoms with Gasteiger partial charge in [0.15, 0.2) is 0 Å². The minimum Gasteiger partial charge on any atom is -0.337 e. The zero-order chi connectivity index (χ0) is 16.4. The molecular formula is C17H22BrClN4O. The molecule has 1 unspecified atom stereocenters. The lowest BCUT2D eigenvalue weighted by Crippen LogP contribution is -2.31. The molecule has 1 aliphatic rings. The summed E-state index contributed by atoms with van der Waals surface area (Å²) in [5.74, 6) is 0.575. The average Bonchev–Trinajstić information content (AvgIpc) is 3.15. The molecule has 1 atom stereocenters. The van der Waals surface area contributed by atoms with Gasteiger partial charge in [0.2, 0.25) is 0 Å². The van der Waals surface area contributed by atoms with E-state index < -0.39 is 0 Å². The molecule has 0 saturated carbocycles. The number of likely N-dealkylation sites (tertiary alicyclic amines) is 1. The third-order valence-electron chi connectivity index (χ3n) is 4.24. The highest BCUT2D eigenvalue weighted by Crippen LogP contribution is 2.22. The molecule has 1 N–H and O–H groups in total. The van der Waals surface area contributed by atoms with Crippen LogP contribution in [0.4, 0.5) is 0 Å². The van der Waals surface area contributed by atoms with Crippen LogP contribution in [0.5, 0.6) is 0 Å². The number of hydrogen-bond acceptors (Lipinski definition) is 3. The largest absolute Gasteiger partial charge is 0.337 e. The lowest BCUT2D eigenvalue weighted by molar-refractivity contribution is 0.0778. The lowest BCUT2D eigenvalue weighted by atomic mass is 10.1. The molecule has 24 heavy (non-hydrogen) atoms. The number of nitrogens with zero attached hydrogens (tertiary/aromatic N) is 3. The van der Waals surface area contributed by atoms with Gasteiger partial charge in [0.1, 0.15) is 10.3 Å². The van der Waals surface area contributed by atoms with Crippen LogP contribution in [0.1, 0.15) is 22.5 Å². The summed E-state index contributed by atoms with van der Waals surface area (Å²) in [4.78, 5) is 14.8. The van der Waals surface area contributed by atoms with Gasteiger partial charge in [-0.15, -0.1) is 12.4 Å². The molecule has 3 rings (SSSR count). The topological polar surface area (TPSA) is 50.2 Å². The van der Waals surface area contributed by atoms with Gasteiger partial charge in [-0.25, -0.2) is 4.68 Å². The number of aryl methyl sites for hydroxylation is 1. The fourth-order valence-electron chi connectivity index (χ4n) is 3.02. The van der Waals surface area contributed by atoms with Crippen LogP contribution >= 0.6 is 28.3 Å². The van der Waals surface area contributed by atoms with E-state index in [1.165, 1.54) is 5.56 Å². The van der Waals surface area contributed by atoms with Gasteiger partial charge in [0.25, 0.3) is 5.91 Å². The Kier molecular flexibility index (Phi) is 6.43. The van der Waals surface area contributed by atoms with E-state index in [1.807, 2.05) is 43.1 Å². The zero-order valence-corrected chi connectivity index (χ0v) is 16.2. The van der Waals surface area contributed by atoms with E-state index in [-0.39, 0.29) is 18.3 Å². The molecule has 2 heterocycles. The smallest absolute Gasteiger partial charge is 0.272 e. The Bertz CT molecular complexity index is 701. The summed E-state index contributed by atoms with van der Waals surface area (Å²) < 4.78 is 2.39. The van der Waals surface area contributed by atoms with Crippen LogP contribution in [-0.2, 0) is 0 Å². The van der Waals surface area contributed by atoms with E-state index in [2.05, 4.69) is 26.3 Å². The van der Waals surface area contributed by atoms with E-state index in [0.717, 1.165) is 31.7 Å². The van der Waals surface area contributed by atoms with Crippen LogP contribution in [0.2, 0.25) is 0 Å². The fourth-order valence-corrected chi connectivity index (χ4v) is 3.40. The monoisotopic (exact) mass is 412 g/mol. The van der Waals surface area contributed by atoms with E-state index >= 15 is 0 Å².